The van der Waals surface area contributed by atoms with Gasteiger partial charge in [0.1, 0.15) is 11.3 Å². The average Bonchev–Trinajstić information content (AvgIpc) is 3.03. The molecule has 0 aliphatic heterocycles. The Hall–Kier alpha value is -1.64. The monoisotopic (exact) mass is 331 g/mol. The first-order valence-corrected chi connectivity index (χ1v) is 7.49. The van der Waals surface area contributed by atoms with Crippen LogP contribution < -0.4 is 0 Å². The van der Waals surface area contributed by atoms with Gasteiger partial charge < -0.3 is 4.40 Å². The number of nitriles is 1. The van der Waals surface area contributed by atoms with Crippen molar-refractivity contribution in [3.63, 3.8) is 0 Å². The summed E-state index contributed by atoms with van der Waals surface area (Å²) < 4.78 is 2.97. The molecule has 0 N–H and O–H groups in total. The van der Waals surface area contributed by atoms with Crippen molar-refractivity contribution in [3.05, 3.63) is 46.0 Å². The summed E-state index contributed by atoms with van der Waals surface area (Å²) in [6.45, 7) is 1.90. The summed E-state index contributed by atoms with van der Waals surface area (Å²) in [5.41, 5.74) is 2.71. The molecule has 0 saturated heterocycles. The third kappa shape index (κ3) is 2.07. The molecule has 0 spiro atoms. The fourth-order valence-corrected chi connectivity index (χ4v) is 3.17. The van der Waals surface area contributed by atoms with E-state index in [-0.39, 0.29) is 5.92 Å². The number of halogens is 1. The summed E-state index contributed by atoms with van der Waals surface area (Å²) >= 11 is 5.11. The molecule has 0 bridgehead atoms. The van der Waals surface area contributed by atoms with Crippen molar-refractivity contribution in [1.82, 2.24) is 9.38 Å². The molecule has 19 heavy (non-hydrogen) atoms. The van der Waals surface area contributed by atoms with E-state index >= 15 is 0 Å². The maximum absolute atomic E-state index is 9.26. The molecule has 0 radical (unpaired) electrons. The quantitative estimate of drug-likeness (QED) is 0.695. The van der Waals surface area contributed by atoms with Gasteiger partial charge in [-0.15, -0.1) is 11.3 Å². The van der Waals surface area contributed by atoms with Gasteiger partial charge in [-0.3, -0.25) is 0 Å². The van der Waals surface area contributed by atoms with E-state index in [1.807, 2.05) is 47.2 Å². The molecule has 3 nitrogen and oxygen atoms in total. The van der Waals surface area contributed by atoms with E-state index in [1.165, 1.54) is 0 Å². The van der Waals surface area contributed by atoms with Gasteiger partial charge in [-0.25, -0.2) is 4.98 Å². The minimum absolute atomic E-state index is 0.207. The average molecular weight is 332 g/mol. The zero-order chi connectivity index (χ0) is 13.4. The van der Waals surface area contributed by atoms with Gasteiger partial charge in [0.2, 0.25) is 0 Å². The van der Waals surface area contributed by atoms with Crippen LogP contribution in [0.4, 0.5) is 0 Å². The molecule has 0 amide bonds. The van der Waals surface area contributed by atoms with E-state index in [4.69, 9.17) is 0 Å². The van der Waals surface area contributed by atoms with Crippen molar-refractivity contribution in [2.75, 3.05) is 0 Å². The summed E-state index contributed by atoms with van der Waals surface area (Å²) in [4.78, 5) is 5.76. The number of imidazole rings is 1. The number of pyridine rings is 1. The molecule has 3 aromatic rings. The number of hydrogen-bond acceptors (Lipinski definition) is 3. The largest absolute Gasteiger partial charge is 0.301 e. The van der Waals surface area contributed by atoms with Gasteiger partial charge in [-0.2, -0.15) is 5.26 Å². The Kier molecular flexibility index (Phi) is 3.13. The SMILES string of the molecule is CC(C#N)c1c(-c2cccs2)nc2ccc(Br)cn12. The minimum Gasteiger partial charge on any atom is -0.301 e. The van der Waals surface area contributed by atoms with Crippen LogP contribution in [0.5, 0.6) is 0 Å². The van der Waals surface area contributed by atoms with Gasteiger partial charge in [0.05, 0.1) is 22.6 Å². The van der Waals surface area contributed by atoms with Crippen molar-refractivity contribution in [1.29, 1.82) is 5.26 Å². The fourth-order valence-electron chi connectivity index (χ4n) is 2.11. The molecule has 94 valence electrons. The van der Waals surface area contributed by atoms with Crippen LogP contribution in [0, 0.1) is 11.3 Å². The second-order valence-corrected chi connectivity index (χ2v) is 6.11. The molecule has 1 atom stereocenters. The van der Waals surface area contributed by atoms with Crippen LogP contribution >= 0.6 is 27.3 Å². The Morgan fingerprint density at radius 1 is 1.42 bits per heavy atom. The molecule has 0 aliphatic carbocycles. The zero-order valence-electron chi connectivity index (χ0n) is 10.2. The highest BCUT2D eigenvalue weighted by Crippen LogP contribution is 2.33. The second-order valence-electron chi connectivity index (χ2n) is 4.25. The van der Waals surface area contributed by atoms with Gasteiger partial charge in [0.25, 0.3) is 0 Å². The maximum atomic E-state index is 9.26. The number of nitrogens with zero attached hydrogens (tertiary/aromatic N) is 3. The Labute approximate surface area is 123 Å². The topological polar surface area (TPSA) is 41.1 Å². The van der Waals surface area contributed by atoms with E-state index in [9.17, 15) is 5.26 Å². The normalized spacial score (nSPS) is 12.5. The van der Waals surface area contributed by atoms with Crippen molar-refractivity contribution in [2.45, 2.75) is 12.8 Å². The summed E-state index contributed by atoms with van der Waals surface area (Å²) in [5.74, 6) is -0.207. The van der Waals surface area contributed by atoms with Gasteiger partial charge in [-0.05, 0) is 46.4 Å². The predicted molar refractivity (Wildman–Crippen MR) is 80.2 cm³/mol. The Morgan fingerprint density at radius 3 is 2.95 bits per heavy atom. The first kappa shape index (κ1) is 12.4. The van der Waals surface area contributed by atoms with Crippen LogP contribution in [-0.2, 0) is 0 Å². The zero-order valence-corrected chi connectivity index (χ0v) is 12.6. The highest BCUT2D eigenvalue weighted by atomic mass is 79.9. The van der Waals surface area contributed by atoms with E-state index in [0.717, 1.165) is 26.4 Å². The number of rotatable bonds is 2. The summed E-state index contributed by atoms with van der Waals surface area (Å²) in [5, 5.41) is 11.3. The molecule has 1 unspecified atom stereocenters. The molecule has 3 heterocycles. The van der Waals surface area contributed by atoms with Gasteiger partial charge >= 0.3 is 0 Å². The molecule has 3 aromatic heterocycles. The lowest BCUT2D eigenvalue weighted by atomic mass is 10.1. The number of thiophene rings is 1. The van der Waals surface area contributed by atoms with Crippen LogP contribution in [0.2, 0.25) is 0 Å². The first-order chi connectivity index (χ1) is 9.20. The highest BCUT2D eigenvalue weighted by molar-refractivity contribution is 9.10. The smallest absolute Gasteiger partial charge is 0.137 e. The number of hydrogen-bond donors (Lipinski definition) is 0. The summed E-state index contributed by atoms with van der Waals surface area (Å²) in [6.07, 6.45) is 1.96. The minimum atomic E-state index is -0.207. The van der Waals surface area contributed by atoms with Gasteiger partial charge in [-0.1, -0.05) is 6.07 Å². The summed E-state index contributed by atoms with van der Waals surface area (Å²) in [6, 6.07) is 10.3. The third-order valence-corrected chi connectivity index (χ3v) is 4.32. The van der Waals surface area contributed by atoms with E-state index < -0.39 is 0 Å². The van der Waals surface area contributed by atoms with Crippen molar-refractivity contribution >= 4 is 32.9 Å². The van der Waals surface area contributed by atoms with Crippen molar-refractivity contribution < 1.29 is 0 Å². The van der Waals surface area contributed by atoms with Crippen LogP contribution in [-0.4, -0.2) is 9.38 Å². The summed E-state index contributed by atoms with van der Waals surface area (Å²) in [7, 11) is 0. The fraction of sp³-hybridized carbons (Fsp3) is 0.143. The predicted octanol–water partition coefficient (Wildman–Crippen LogP) is 4.45. The van der Waals surface area contributed by atoms with Crippen LogP contribution in [0.1, 0.15) is 18.5 Å². The molecule has 0 aromatic carbocycles. The Balaban J connectivity index is 2.36. The first-order valence-electron chi connectivity index (χ1n) is 5.81. The Bertz CT molecular complexity index is 768. The molecule has 0 saturated carbocycles. The molecular weight excluding hydrogens is 322 g/mol. The lowest BCUT2D eigenvalue weighted by molar-refractivity contribution is 0.899. The van der Waals surface area contributed by atoms with Gasteiger partial charge in [0.15, 0.2) is 0 Å². The van der Waals surface area contributed by atoms with E-state index in [0.29, 0.717) is 0 Å². The maximum Gasteiger partial charge on any atom is 0.137 e. The second kappa shape index (κ2) is 4.80. The van der Waals surface area contributed by atoms with E-state index in [1.54, 1.807) is 11.3 Å². The number of fused-ring (bicyclic) bond motifs is 1. The third-order valence-electron chi connectivity index (χ3n) is 2.98. The van der Waals surface area contributed by atoms with Crippen LogP contribution in [0.15, 0.2) is 40.3 Å². The molecule has 0 aliphatic rings. The highest BCUT2D eigenvalue weighted by Gasteiger charge is 2.19. The lowest BCUT2D eigenvalue weighted by Crippen LogP contribution is -1.98. The molecule has 5 heteroatoms. The van der Waals surface area contributed by atoms with Crippen LogP contribution in [0.25, 0.3) is 16.2 Å². The van der Waals surface area contributed by atoms with Crippen molar-refractivity contribution in [3.8, 4) is 16.6 Å². The van der Waals surface area contributed by atoms with Crippen LogP contribution in [0.3, 0.4) is 0 Å². The molecule has 3 rings (SSSR count). The molecule has 0 fully saturated rings. The number of aromatic nitrogens is 2. The van der Waals surface area contributed by atoms with E-state index in [2.05, 4.69) is 27.0 Å². The lowest BCUT2D eigenvalue weighted by Gasteiger charge is -2.05. The Morgan fingerprint density at radius 2 is 2.26 bits per heavy atom. The molecular formula is C14H10BrN3S. The van der Waals surface area contributed by atoms with Crippen molar-refractivity contribution in [2.24, 2.45) is 0 Å². The standard InChI is InChI=1S/C14H10BrN3S/c1-9(7-16)14-13(11-3-2-6-19-11)17-12-5-4-10(15)8-18(12)14/h2-6,8-9H,1H3. The van der Waals surface area contributed by atoms with Gasteiger partial charge in [0, 0.05) is 10.7 Å².